The third-order valence-electron chi connectivity index (χ3n) is 4.29. The molecule has 2 atom stereocenters. The minimum absolute atomic E-state index is 0.0598. The maximum absolute atomic E-state index is 12.5. The van der Waals surface area contributed by atoms with Crippen molar-refractivity contribution < 1.29 is 14.3 Å². The van der Waals surface area contributed by atoms with E-state index in [1.807, 2.05) is 23.1 Å². The Morgan fingerprint density at radius 1 is 1.18 bits per heavy atom. The second-order valence-electron chi connectivity index (χ2n) is 5.82. The van der Waals surface area contributed by atoms with E-state index in [-0.39, 0.29) is 5.91 Å². The van der Waals surface area contributed by atoms with Crippen LogP contribution in [0.25, 0.3) is 6.08 Å². The number of nitrogens with zero attached hydrogens (tertiary/aromatic N) is 1. The van der Waals surface area contributed by atoms with E-state index in [1.165, 1.54) is 6.42 Å². The van der Waals surface area contributed by atoms with E-state index in [9.17, 15) is 4.79 Å². The van der Waals surface area contributed by atoms with Crippen molar-refractivity contribution in [1.29, 1.82) is 0 Å². The van der Waals surface area contributed by atoms with Crippen molar-refractivity contribution in [3.05, 3.63) is 29.8 Å². The molecule has 1 aliphatic heterocycles. The number of amides is 1. The highest BCUT2D eigenvalue weighted by molar-refractivity contribution is 5.92. The van der Waals surface area contributed by atoms with Gasteiger partial charge >= 0.3 is 0 Å². The van der Waals surface area contributed by atoms with Gasteiger partial charge in [0, 0.05) is 23.7 Å². The Hall–Kier alpha value is -1.97. The zero-order valence-electron chi connectivity index (χ0n) is 13.8. The van der Waals surface area contributed by atoms with Crippen LogP contribution in [0, 0.1) is 0 Å². The van der Waals surface area contributed by atoms with Gasteiger partial charge in [0.05, 0.1) is 14.2 Å². The lowest BCUT2D eigenvalue weighted by Crippen LogP contribution is -2.46. The van der Waals surface area contributed by atoms with Crippen LogP contribution >= 0.6 is 0 Å². The van der Waals surface area contributed by atoms with Crippen molar-refractivity contribution in [2.45, 2.75) is 45.2 Å². The van der Waals surface area contributed by atoms with E-state index < -0.39 is 0 Å². The van der Waals surface area contributed by atoms with Crippen LogP contribution in [0.5, 0.6) is 11.5 Å². The smallest absolute Gasteiger partial charge is 0.247 e. The second kappa shape index (κ2) is 7.34. The molecule has 2 rings (SSSR count). The number of benzene rings is 1. The highest BCUT2D eigenvalue weighted by Crippen LogP contribution is 2.26. The number of methoxy groups -OCH3 is 2. The summed E-state index contributed by atoms with van der Waals surface area (Å²) in [5.74, 6) is 1.53. The Labute approximate surface area is 132 Å². The molecule has 22 heavy (non-hydrogen) atoms. The van der Waals surface area contributed by atoms with Crippen LogP contribution in [0.4, 0.5) is 0 Å². The second-order valence-corrected chi connectivity index (χ2v) is 5.82. The molecule has 0 aliphatic carbocycles. The third-order valence-corrected chi connectivity index (χ3v) is 4.29. The molecule has 0 bridgehead atoms. The van der Waals surface area contributed by atoms with E-state index in [2.05, 4.69) is 13.8 Å². The monoisotopic (exact) mass is 303 g/mol. The molecule has 1 fully saturated rings. The average molecular weight is 303 g/mol. The molecule has 4 nitrogen and oxygen atoms in total. The average Bonchev–Trinajstić information content (AvgIpc) is 2.52. The number of likely N-dealkylation sites (tertiary alicyclic amines) is 1. The lowest BCUT2D eigenvalue weighted by atomic mass is 9.97. The van der Waals surface area contributed by atoms with Crippen LogP contribution in [0.1, 0.15) is 38.7 Å². The summed E-state index contributed by atoms with van der Waals surface area (Å²) in [4.78, 5) is 14.5. The van der Waals surface area contributed by atoms with Crippen molar-refractivity contribution >= 4 is 12.0 Å². The molecule has 0 N–H and O–H groups in total. The summed E-state index contributed by atoms with van der Waals surface area (Å²) in [5, 5.41) is 0. The molecule has 0 aromatic heterocycles. The summed E-state index contributed by atoms with van der Waals surface area (Å²) in [7, 11) is 3.24. The molecule has 1 heterocycles. The third kappa shape index (κ3) is 3.62. The number of hydrogen-bond acceptors (Lipinski definition) is 3. The van der Waals surface area contributed by atoms with E-state index in [4.69, 9.17) is 9.47 Å². The first-order valence-corrected chi connectivity index (χ1v) is 7.79. The standard InChI is InChI=1S/C18H25NO3/c1-13-6-5-7-14(2)19(13)18(20)11-8-15-12-16(21-3)9-10-17(15)22-4/h8-14H,5-7H2,1-4H3/b11-8+. The summed E-state index contributed by atoms with van der Waals surface area (Å²) in [6.07, 6.45) is 6.78. The van der Waals surface area contributed by atoms with Crippen molar-refractivity contribution in [3.8, 4) is 11.5 Å². The van der Waals surface area contributed by atoms with Crippen molar-refractivity contribution in [1.82, 2.24) is 4.90 Å². The van der Waals surface area contributed by atoms with Gasteiger partial charge in [0.2, 0.25) is 5.91 Å². The minimum atomic E-state index is 0.0598. The normalized spacial score (nSPS) is 21.9. The van der Waals surface area contributed by atoms with Crippen LogP contribution in [0.3, 0.4) is 0 Å². The molecule has 1 aliphatic rings. The number of piperidine rings is 1. The largest absolute Gasteiger partial charge is 0.497 e. The van der Waals surface area contributed by atoms with Gasteiger partial charge in [-0.3, -0.25) is 4.79 Å². The van der Waals surface area contributed by atoms with E-state index in [0.717, 1.165) is 29.9 Å². The Morgan fingerprint density at radius 2 is 1.86 bits per heavy atom. The number of rotatable bonds is 4. The fraction of sp³-hybridized carbons (Fsp3) is 0.500. The molecule has 1 aromatic rings. The molecule has 0 radical (unpaired) electrons. The van der Waals surface area contributed by atoms with Crippen LogP contribution in [0.2, 0.25) is 0 Å². The molecular weight excluding hydrogens is 278 g/mol. The summed E-state index contributed by atoms with van der Waals surface area (Å²) in [6, 6.07) is 6.15. The first-order chi connectivity index (χ1) is 10.6. The highest BCUT2D eigenvalue weighted by atomic mass is 16.5. The Bertz CT molecular complexity index is 543. The lowest BCUT2D eigenvalue weighted by Gasteiger charge is -2.38. The molecule has 120 valence electrons. The number of ether oxygens (including phenoxy) is 2. The fourth-order valence-electron chi connectivity index (χ4n) is 3.07. The molecule has 0 spiro atoms. The SMILES string of the molecule is COc1ccc(OC)c(/C=C/C(=O)N2C(C)CCCC2C)c1. The maximum Gasteiger partial charge on any atom is 0.247 e. The Kier molecular flexibility index (Phi) is 5.47. The van der Waals surface area contributed by atoms with Crippen molar-refractivity contribution in [2.75, 3.05) is 14.2 Å². The van der Waals surface area contributed by atoms with E-state index in [1.54, 1.807) is 26.4 Å². The van der Waals surface area contributed by atoms with E-state index in [0.29, 0.717) is 12.1 Å². The first-order valence-electron chi connectivity index (χ1n) is 7.79. The van der Waals surface area contributed by atoms with Crippen LogP contribution in [-0.4, -0.2) is 37.1 Å². The molecule has 1 aromatic carbocycles. The van der Waals surface area contributed by atoms with Gasteiger partial charge in [0.1, 0.15) is 11.5 Å². The van der Waals surface area contributed by atoms with Gasteiger partial charge in [-0.25, -0.2) is 0 Å². The van der Waals surface area contributed by atoms with Gasteiger partial charge in [0.25, 0.3) is 0 Å². The van der Waals surface area contributed by atoms with Gasteiger partial charge < -0.3 is 14.4 Å². The quantitative estimate of drug-likeness (QED) is 0.799. The van der Waals surface area contributed by atoms with Gasteiger partial charge in [-0.15, -0.1) is 0 Å². The molecule has 4 heteroatoms. The minimum Gasteiger partial charge on any atom is -0.497 e. The summed E-state index contributed by atoms with van der Waals surface area (Å²) in [5.41, 5.74) is 0.840. The zero-order valence-corrected chi connectivity index (χ0v) is 13.8. The van der Waals surface area contributed by atoms with Gasteiger partial charge in [-0.2, -0.15) is 0 Å². The summed E-state index contributed by atoms with van der Waals surface area (Å²) < 4.78 is 10.6. The highest BCUT2D eigenvalue weighted by Gasteiger charge is 2.27. The molecule has 1 saturated heterocycles. The summed E-state index contributed by atoms with van der Waals surface area (Å²) in [6.45, 7) is 4.24. The Balaban J connectivity index is 2.18. The molecule has 1 amide bonds. The zero-order chi connectivity index (χ0) is 16.1. The number of carbonyl (C=O) groups excluding carboxylic acids is 1. The predicted octanol–water partition coefficient (Wildman–Crippen LogP) is 3.51. The van der Waals surface area contributed by atoms with Crippen molar-refractivity contribution in [2.24, 2.45) is 0 Å². The van der Waals surface area contributed by atoms with Gasteiger partial charge in [0.15, 0.2) is 0 Å². The summed E-state index contributed by atoms with van der Waals surface area (Å²) >= 11 is 0. The Morgan fingerprint density at radius 3 is 2.45 bits per heavy atom. The molecular formula is C18H25NO3. The van der Waals surface area contributed by atoms with E-state index >= 15 is 0 Å². The molecule has 2 unspecified atom stereocenters. The topological polar surface area (TPSA) is 38.8 Å². The van der Waals surface area contributed by atoms with Crippen LogP contribution < -0.4 is 9.47 Å². The lowest BCUT2D eigenvalue weighted by molar-refractivity contribution is -0.131. The number of carbonyl (C=O) groups is 1. The predicted molar refractivity (Wildman–Crippen MR) is 88.2 cm³/mol. The fourth-order valence-corrected chi connectivity index (χ4v) is 3.07. The van der Waals surface area contributed by atoms with Gasteiger partial charge in [-0.1, -0.05) is 0 Å². The van der Waals surface area contributed by atoms with Gasteiger partial charge in [-0.05, 0) is 57.4 Å². The van der Waals surface area contributed by atoms with Crippen molar-refractivity contribution in [3.63, 3.8) is 0 Å². The maximum atomic E-state index is 12.5. The van der Waals surface area contributed by atoms with Crippen LogP contribution in [-0.2, 0) is 4.79 Å². The first kappa shape index (κ1) is 16.4. The number of hydrogen-bond donors (Lipinski definition) is 0. The molecule has 0 saturated carbocycles. The van der Waals surface area contributed by atoms with Crippen LogP contribution in [0.15, 0.2) is 24.3 Å².